The molecule has 3 atom stereocenters. The Morgan fingerprint density at radius 2 is 1.83 bits per heavy atom. The third-order valence-corrected chi connectivity index (χ3v) is 4.08. The van der Waals surface area contributed by atoms with Crippen molar-refractivity contribution in [2.24, 2.45) is 0 Å². The molecule has 2 aliphatic heterocycles. The Morgan fingerprint density at radius 1 is 1.17 bits per heavy atom. The standard InChI is InChI=1S/C10H16O2/c1-8(2)10(12-8)5-4-9(3)7(6-10)11-9/h7H,4-6H2,1-3H3. The van der Waals surface area contributed by atoms with Crippen LogP contribution in [0.15, 0.2) is 0 Å². The first-order valence-corrected chi connectivity index (χ1v) is 4.86. The van der Waals surface area contributed by atoms with Crippen molar-refractivity contribution in [2.75, 3.05) is 0 Å². The molecule has 1 spiro atoms. The van der Waals surface area contributed by atoms with Crippen LogP contribution >= 0.6 is 0 Å². The third kappa shape index (κ3) is 0.686. The summed E-state index contributed by atoms with van der Waals surface area (Å²) in [7, 11) is 0. The topological polar surface area (TPSA) is 25.1 Å². The Bertz CT molecular complexity index is 248. The summed E-state index contributed by atoms with van der Waals surface area (Å²) < 4.78 is 11.4. The van der Waals surface area contributed by atoms with Gasteiger partial charge in [0.05, 0.1) is 17.3 Å². The molecule has 2 heterocycles. The van der Waals surface area contributed by atoms with Crippen molar-refractivity contribution in [2.45, 2.75) is 62.9 Å². The van der Waals surface area contributed by atoms with Crippen molar-refractivity contribution in [1.29, 1.82) is 0 Å². The zero-order chi connectivity index (χ0) is 8.61. The van der Waals surface area contributed by atoms with Gasteiger partial charge in [-0.3, -0.25) is 0 Å². The van der Waals surface area contributed by atoms with Crippen LogP contribution in [0.25, 0.3) is 0 Å². The lowest BCUT2D eigenvalue weighted by atomic mass is 9.77. The van der Waals surface area contributed by atoms with Crippen molar-refractivity contribution in [3.8, 4) is 0 Å². The minimum Gasteiger partial charge on any atom is -0.366 e. The van der Waals surface area contributed by atoms with Gasteiger partial charge in [0, 0.05) is 6.42 Å². The summed E-state index contributed by atoms with van der Waals surface area (Å²) in [6.07, 6.45) is 3.98. The van der Waals surface area contributed by atoms with Crippen LogP contribution in [0.5, 0.6) is 0 Å². The summed E-state index contributed by atoms with van der Waals surface area (Å²) in [6, 6.07) is 0. The van der Waals surface area contributed by atoms with Crippen LogP contribution in [0.2, 0.25) is 0 Å². The van der Waals surface area contributed by atoms with Gasteiger partial charge in [0.1, 0.15) is 5.60 Å². The first kappa shape index (κ1) is 7.34. The Balaban J connectivity index is 1.80. The number of epoxide rings is 2. The van der Waals surface area contributed by atoms with Crippen molar-refractivity contribution in [3.05, 3.63) is 0 Å². The van der Waals surface area contributed by atoms with E-state index in [1.807, 2.05) is 0 Å². The molecule has 3 unspecified atom stereocenters. The molecular formula is C10H16O2. The van der Waals surface area contributed by atoms with Crippen LogP contribution in [0.3, 0.4) is 0 Å². The van der Waals surface area contributed by atoms with E-state index in [0.29, 0.717) is 6.10 Å². The maximum atomic E-state index is 5.79. The highest BCUT2D eigenvalue weighted by molar-refractivity contribution is 5.20. The van der Waals surface area contributed by atoms with E-state index in [2.05, 4.69) is 20.8 Å². The van der Waals surface area contributed by atoms with Crippen LogP contribution in [0.4, 0.5) is 0 Å². The molecule has 0 radical (unpaired) electrons. The average molecular weight is 168 g/mol. The summed E-state index contributed by atoms with van der Waals surface area (Å²) in [5.41, 5.74) is 0.543. The number of rotatable bonds is 0. The van der Waals surface area contributed by atoms with Gasteiger partial charge in [0.25, 0.3) is 0 Å². The van der Waals surface area contributed by atoms with E-state index < -0.39 is 0 Å². The zero-order valence-electron chi connectivity index (χ0n) is 8.02. The predicted molar refractivity (Wildman–Crippen MR) is 45.0 cm³/mol. The lowest BCUT2D eigenvalue weighted by molar-refractivity contribution is 0.228. The molecule has 12 heavy (non-hydrogen) atoms. The molecule has 3 rings (SSSR count). The molecule has 0 aromatic rings. The normalized spacial score (nSPS) is 59.8. The lowest BCUT2D eigenvalue weighted by Crippen LogP contribution is -2.31. The van der Waals surface area contributed by atoms with Crippen LogP contribution in [0, 0.1) is 0 Å². The Kier molecular flexibility index (Phi) is 0.978. The maximum Gasteiger partial charge on any atom is 0.100 e. The van der Waals surface area contributed by atoms with Crippen molar-refractivity contribution < 1.29 is 9.47 Å². The molecular weight excluding hydrogens is 152 g/mol. The second-order valence-electron chi connectivity index (χ2n) is 5.23. The summed E-state index contributed by atoms with van der Waals surface area (Å²) >= 11 is 0. The van der Waals surface area contributed by atoms with Crippen molar-refractivity contribution >= 4 is 0 Å². The molecule has 3 fully saturated rings. The van der Waals surface area contributed by atoms with Gasteiger partial charge in [0.15, 0.2) is 0 Å². The molecule has 0 N–H and O–H groups in total. The molecule has 3 aliphatic rings. The molecule has 68 valence electrons. The first-order valence-electron chi connectivity index (χ1n) is 4.86. The molecule has 0 aromatic heterocycles. The number of fused-ring (bicyclic) bond motifs is 1. The van der Waals surface area contributed by atoms with Crippen LogP contribution in [0.1, 0.15) is 40.0 Å². The second kappa shape index (κ2) is 1.60. The second-order valence-corrected chi connectivity index (χ2v) is 5.23. The molecule has 0 aromatic carbocycles. The fraction of sp³-hybridized carbons (Fsp3) is 1.00. The van der Waals surface area contributed by atoms with Crippen LogP contribution in [-0.4, -0.2) is 22.9 Å². The molecule has 0 amide bonds. The van der Waals surface area contributed by atoms with Gasteiger partial charge in [-0.1, -0.05) is 0 Å². The highest BCUT2D eigenvalue weighted by atomic mass is 16.6. The van der Waals surface area contributed by atoms with Gasteiger partial charge < -0.3 is 9.47 Å². The molecule has 2 nitrogen and oxygen atoms in total. The van der Waals surface area contributed by atoms with Crippen LogP contribution in [-0.2, 0) is 9.47 Å². The average Bonchev–Trinajstić information content (AvgIpc) is 2.72. The SMILES string of the molecule is CC12CCC3(CC1O2)OC3(C)C. The third-order valence-electron chi connectivity index (χ3n) is 4.08. The van der Waals surface area contributed by atoms with E-state index in [-0.39, 0.29) is 16.8 Å². The highest BCUT2D eigenvalue weighted by Crippen LogP contribution is 2.63. The van der Waals surface area contributed by atoms with Crippen LogP contribution < -0.4 is 0 Å². The minimum atomic E-state index is 0.125. The van der Waals surface area contributed by atoms with E-state index in [0.717, 1.165) is 6.42 Å². The summed E-state index contributed by atoms with van der Waals surface area (Å²) in [5.74, 6) is 0. The van der Waals surface area contributed by atoms with E-state index in [9.17, 15) is 0 Å². The monoisotopic (exact) mass is 168 g/mol. The molecule has 0 bridgehead atoms. The van der Waals surface area contributed by atoms with Crippen molar-refractivity contribution in [3.63, 3.8) is 0 Å². The van der Waals surface area contributed by atoms with Gasteiger partial charge in [0.2, 0.25) is 0 Å². The van der Waals surface area contributed by atoms with Gasteiger partial charge in [-0.05, 0) is 33.6 Å². The minimum absolute atomic E-state index is 0.125. The van der Waals surface area contributed by atoms with E-state index in [1.54, 1.807) is 0 Å². The molecule has 2 heteroatoms. The first-order chi connectivity index (χ1) is 5.48. The van der Waals surface area contributed by atoms with E-state index in [1.165, 1.54) is 12.8 Å². The summed E-state index contributed by atoms with van der Waals surface area (Å²) in [4.78, 5) is 0. The quantitative estimate of drug-likeness (QED) is 0.516. The van der Waals surface area contributed by atoms with Gasteiger partial charge >= 0.3 is 0 Å². The van der Waals surface area contributed by atoms with Gasteiger partial charge in [-0.2, -0.15) is 0 Å². The molecule has 1 saturated carbocycles. The predicted octanol–water partition coefficient (Wildman–Crippen LogP) is 1.88. The van der Waals surface area contributed by atoms with Crippen molar-refractivity contribution in [1.82, 2.24) is 0 Å². The Hall–Kier alpha value is -0.0800. The fourth-order valence-corrected chi connectivity index (χ4v) is 2.72. The largest absolute Gasteiger partial charge is 0.366 e. The smallest absolute Gasteiger partial charge is 0.100 e. The number of hydrogen-bond acceptors (Lipinski definition) is 2. The highest BCUT2D eigenvalue weighted by Gasteiger charge is 2.71. The number of ether oxygens (including phenoxy) is 2. The Morgan fingerprint density at radius 3 is 2.33 bits per heavy atom. The zero-order valence-corrected chi connectivity index (χ0v) is 8.02. The molecule has 2 saturated heterocycles. The summed E-state index contributed by atoms with van der Waals surface area (Å²) in [6.45, 7) is 6.61. The lowest BCUT2D eigenvalue weighted by Gasteiger charge is -2.20. The number of hydrogen-bond donors (Lipinski definition) is 0. The van der Waals surface area contributed by atoms with Gasteiger partial charge in [-0.25, -0.2) is 0 Å². The fourth-order valence-electron chi connectivity index (χ4n) is 2.72. The maximum absolute atomic E-state index is 5.79. The van der Waals surface area contributed by atoms with E-state index in [4.69, 9.17) is 9.47 Å². The Labute approximate surface area is 73.2 Å². The van der Waals surface area contributed by atoms with Gasteiger partial charge in [-0.15, -0.1) is 0 Å². The summed E-state index contributed by atoms with van der Waals surface area (Å²) in [5, 5.41) is 0. The molecule has 1 aliphatic carbocycles. The van der Waals surface area contributed by atoms with E-state index >= 15 is 0 Å².